The molecule has 0 fully saturated rings. The van der Waals surface area contributed by atoms with Gasteiger partial charge in [0.05, 0.1) is 11.4 Å². The summed E-state index contributed by atoms with van der Waals surface area (Å²) in [6.45, 7) is 4.74. The second-order valence-corrected chi connectivity index (χ2v) is 16.8. The molecule has 1 nitrogen and oxygen atoms in total. The largest absolute Gasteiger partial charge is 0.309 e. The molecule has 0 spiro atoms. The molecule has 0 saturated carbocycles. The number of nitrogens with zero attached hydrogens (tertiary/aromatic N) is 1. The molecule has 0 heterocycles. The van der Waals surface area contributed by atoms with Crippen LogP contribution < -0.4 is 4.90 Å². The predicted molar refractivity (Wildman–Crippen MR) is 257 cm³/mol. The Morgan fingerprint density at radius 2 is 0.783 bits per heavy atom. The molecule has 0 amide bonds. The van der Waals surface area contributed by atoms with Crippen LogP contribution in [-0.4, -0.2) is 0 Å². The van der Waals surface area contributed by atoms with Gasteiger partial charge in [-0.05, 0) is 118 Å². The van der Waals surface area contributed by atoms with Gasteiger partial charge in [-0.1, -0.05) is 196 Å². The molecule has 1 heteroatoms. The molecule has 0 unspecified atom stereocenters. The van der Waals surface area contributed by atoms with E-state index in [0.717, 1.165) is 17.1 Å². The molecule has 0 aromatic heterocycles. The van der Waals surface area contributed by atoms with Gasteiger partial charge in [0.15, 0.2) is 0 Å². The van der Waals surface area contributed by atoms with Crippen molar-refractivity contribution in [1.29, 1.82) is 0 Å². The van der Waals surface area contributed by atoms with Crippen LogP contribution in [0.5, 0.6) is 0 Å². The molecule has 282 valence electrons. The van der Waals surface area contributed by atoms with Crippen LogP contribution in [0.4, 0.5) is 17.1 Å². The Labute approximate surface area is 350 Å². The average molecular weight is 764 g/mol. The lowest BCUT2D eigenvalue weighted by atomic mass is 9.80. The van der Waals surface area contributed by atoms with Gasteiger partial charge in [0.2, 0.25) is 0 Å². The summed E-state index contributed by atoms with van der Waals surface area (Å²) >= 11 is 0. The maximum Gasteiger partial charge on any atom is 0.0540 e. The van der Waals surface area contributed by atoms with Gasteiger partial charge in [-0.2, -0.15) is 0 Å². The van der Waals surface area contributed by atoms with Crippen LogP contribution in [0.25, 0.3) is 87.2 Å². The molecule has 11 aromatic carbocycles. The van der Waals surface area contributed by atoms with E-state index in [0.29, 0.717) is 0 Å². The summed E-state index contributed by atoms with van der Waals surface area (Å²) in [5.74, 6) is 0. The molecule has 1 aliphatic rings. The molecule has 0 saturated heterocycles. The minimum absolute atomic E-state index is 0.0702. The number of rotatable bonds is 5. The fourth-order valence-electron chi connectivity index (χ4n) is 10.4. The average Bonchev–Trinajstić information content (AvgIpc) is 3.54. The van der Waals surface area contributed by atoms with E-state index in [9.17, 15) is 0 Å². The second kappa shape index (κ2) is 13.3. The summed E-state index contributed by atoms with van der Waals surface area (Å²) in [7, 11) is 0. The van der Waals surface area contributed by atoms with Crippen LogP contribution >= 0.6 is 0 Å². The first-order chi connectivity index (χ1) is 29.5. The molecular weight excluding hydrogens is 723 g/mol. The van der Waals surface area contributed by atoms with Gasteiger partial charge in [0, 0.05) is 21.9 Å². The second-order valence-electron chi connectivity index (χ2n) is 16.8. The number of hydrogen-bond acceptors (Lipinski definition) is 1. The molecule has 12 rings (SSSR count). The van der Waals surface area contributed by atoms with Crippen molar-refractivity contribution in [2.75, 3.05) is 4.90 Å². The Hall–Kier alpha value is -7.48. The molecule has 1 aliphatic carbocycles. The highest BCUT2D eigenvalue weighted by molar-refractivity contribution is 6.23. The van der Waals surface area contributed by atoms with Crippen molar-refractivity contribution >= 4 is 70.9 Å². The standard InChI is InChI=1S/C59H41N/c1-59(2)52-28-12-11-26-50(52)58-51(27-15-29-53(58)59)57-48-24-9-7-22-46(48)56(47-23-8-10-25-49(47)57)42-33-32-41-37-43(35-34-40(41)36-42)60(54-30-13-18-38-16-3-5-20-44(38)54)55-31-14-19-39-17-4-6-21-45(39)55/h3-37H,1-2H3. The van der Waals surface area contributed by atoms with E-state index in [1.807, 2.05) is 0 Å². The minimum atomic E-state index is -0.0702. The first kappa shape index (κ1) is 34.6. The molecule has 0 N–H and O–H groups in total. The number of benzene rings is 11. The zero-order valence-electron chi connectivity index (χ0n) is 33.7. The number of fused-ring (bicyclic) bond motifs is 8. The highest BCUT2D eigenvalue weighted by Crippen LogP contribution is 2.54. The van der Waals surface area contributed by atoms with E-state index in [2.05, 4.69) is 231 Å². The Morgan fingerprint density at radius 1 is 0.317 bits per heavy atom. The first-order valence-corrected chi connectivity index (χ1v) is 21.0. The van der Waals surface area contributed by atoms with E-state index in [1.54, 1.807) is 0 Å². The van der Waals surface area contributed by atoms with E-state index in [1.165, 1.54) is 98.4 Å². The molecule has 11 aromatic rings. The fraction of sp³-hybridized carbons (Fsp3) is 0.0508. The van der Waals surface area contributed by atoms with Crippen LogP contribution in [0.15, 0.2) is 212 Å². The van der Waals surface area contributed by atoms with E-state index < -0.39 is 0 Å². The van der Waals surface area contributed by atoms with Crippen molar-refractivity contribution in [2.24, 2.45) is 0 Å². The summed E-state index contributed by atoms with van der Waals surface area (Å²) in [6.07, 6.45) is 0. The number of anilines is 3. The summed E-state index contributed by atoms with van der Waals surface area (Å²) < 4.78 is 0. The summed E-state index contributed by atoms with van der Waals surface area (Å²) in [4.78, 5) is 2.44. The van der Waals surface area contributed by atoms with Gasteiger partial charge in [-0.25, -0.2) is 0 Å². The summed E-state index contributed by atoms with van der Waals surface area (Å²) in [6, 6.07) is 78.7. The monoisotopic (exact) mass is 763 g/mol. The lowest BCUT2D eigenvalue weighted by Crippen LogP contribution is -2.14. The molecule has 0 atom stereocenters. The van der Waals surface area contributed by atoms with Crippen molar-refractivity contribution in [2.45, 2.75) is 19.3 Å². The first-order valence-electron chi connectivity index (χ1n) is 21.0. The van der Waals surface area contributed by atoms with E-state index >= 15 is 0 Å². The molecular formula is C59H41N. The Balaban J connectivity index is 1.05. The molecule has 60 heavy (non-hydrogen) atoms. The maximum absolute atomic E-state index is 2.44. The van der Waals surface area contributed by atoms with Crippen LogP contribution in [-0.2, 0) is 5.41 Å². The van der Waals surface area contributed by atoms with Crippen LogP contribution in [0, 0.1) is 0 Å². The van der Waals surface area contributed by atoms with E-state index in [4.69, 9.17) is 0 Å². The van der Waals surface area contributed by atoms with Crippen molar-refractivity contribution in [1.82, 2.24) is 0 Å². The van der Waals surface area contributed by atoms with Crippen LogP contribution in [0.3, 0.4) is 0 Å². The fourth-order valence-corrected chi connectivity index (χ4v) is 10.4. The van der Waals surface area contributed by atoms with Crippen molar-refractivity contribution in [3.63, 3.8) is 0 Å². The molecule has 0 radical (unpaired) electrons. The zero-order chi connectivity index (χ0) is 40.0. The SMILES string of the molecule is CC1(C)c2ccccc2-c2c(-c3c4ccccc4c(-c4ccc5cc(N(c6cccc7ccccc67)c6cccc7ccccc67)ccc5c4)c4ccccc34)cccc21. The molecule has 0 bridgehead atoms. The van der Waals surface area contributed by atoms with Crippen molar-refractivity contribution in [3.8, 4) is 33.4 Å². The zero-order valence-corrected chi connectivity index (χ0v) is 33.7. The van der Waals surface area contributed by atoms with Crippen LogP contribution in [0.1, 0.15) is 25.0 Å². The normalized spacial score (nSPS) is 13.0. The third-order valence-electron chi connectivity index (χ3n) is 13.2. The Morgan fingerprint density at radius 3 is 1.43 bits per heavy atom. The highest BCUT2D eigenvalue weighted by Gasteiger charge is 2.37. The van der Waals surface area contributed by atoms with Gasteiger partial charge in [0.25, 0.3) is 0 Å². The van der Waals surface area contributed by atoms with E-state index in [-0.39, 0.29) is 5.41 Å². The lowest BCUT2D eigenvalue weighted by molar-refractivity contribution is 0.660. The smallest absolute Gasteiger partial charge is 0.0540 e. The lowest BCUT2D eigenvalue weighted by Gasteiger charge is -2.28. The topological polar surface area (TPSA) is 3.24 Å². The number of hydrogen-bond donors (Lipinski definition) is 0. The van der Waals surface area contributed by atoms with Crippen molar-refractivity contribution in [3.05, 3.63) is 223 Å². The van der Waals surface area contributed by atoms with Gasteiger partial charge in [0.1, 0.15) is 0 Å². The van der Waals surface area contributed by atoms with Crippen LogP contribution in [0.2, 0.25) is 0 Å². The predicted octanol–water partition coefficient (Wildman–Crippen LogP) is 16.6. The Bertz CT molecular complexity index is 3390. The quantitative estimate of drug-likeness (QED) is 0.158. The van der Waals surface area contributed by atoms with Gasteiger partial charge in [-0.15, -0.1) is 0 Å². The third kappa shape index (κ3) is 5.12. The minimum Gasteiger partial charge on any atom is -0.309 e. The van der Waals surface area contributed by atoms with Gasteiger partial charge in [-0.3, -0.25) is 0 Å². The summed E-state index contributed by atoms with van der Waals surface area (Å²) in [5.41, 5.74) is 14.0. The third-order valence-corrected chi connectivity index (χ3v) is 13.2. The van der Waals surface area contributed by atoms with Crippen molar-refractivity contribution < 1.29 is 0 Å². The van der Waals surface area contributed by atoms with Gasteiger partial charge < -0.3 is 4.90 Å². The Kier molecular flexibility index (Phi) is 7.65. The highest BCUT2D eigenvalue weighted by atomic mass is 15.1. The van der Waals surface area contributed by atoms with Gasteiger partial charge >= 0.3 is 0 Å². The maximum atomic E-state index is 2.44. The molecule has 0 aliphatic heterocycles. The summed E-state index contributed by atoms with van der Waals surface area (Å²) in [5, 5.41) is 12.4.